The second-order valence-electron chi connectivity index (χ2n) is 5.50. The Balaban J connectivity index is 1.66. The Morgan fingerprint density at radius 3 is 3.09 bits per heavy atom. The summed E-state index contributed by atoms with van der Waals surface area (Å²) in [7, 11) is 0. The molecule has 0 radical (unpaired) electrons. The van der Waals surface area contributed by atoms with Crippen LogP contribution in [0.25, 0.3) is 22.0 Å². The highest BCUT2D eigenvalue weighted by Crippen LogP contribution is 2.34. The fourth-order valence-electron chi connectivity index (χ4n) is 2.92. The molecule has 0 bridgehead atoms. The molecule has 0 aliphatic carbocycles. The van der Waals surface area contributed by atoms with Crippen molar-refractivity contribution in [2.75, 3.05) is 11.4 Å². The van der Waals surface area contributed by atoms with Gasteiger partial charge in [0.25, 0.3) is 0 Å². The summed E-state index contributed by atoms with van der Waals surface area (Å²) < 4.78 is 0. The summed E-state index contributed by atoms with van der Waals surface area (Å²) in [4.78, 5) is 18.5. The average molecular weight is 324 g/mol. The van der Waals surface area contributed by atoms with Gasteiger partial charge in [0.1, 0.15) is 5.01 Å². The lowest BCUT2D eigenvalue weighted by Crippen LogP contribution is -2.27. The van der Waals surface area contributed by atoms with Crippen molar-refractivity contribution < 1.29 is 4.79 Å². The van der Waals surface area contributed by atoms with Crippen molar-refractivity contribution in [1.82, 2.24) is 15.2 Å². The number of thiazole rings is 1. The zero-order chi connectivity index (χ0) is 15.8. The fraction of sp³-hybridized carbons (Fsp3) is 0.235. The number of aromatic amines is 1. The molecule has 1 N–H and O–H groups in total. The van der Waals surface area contributed by atoms with Gasteiger partial charge in [0.15, 0.2) is 0 Å². The standard InChI is InChI=1S/C17H16N4OS/c1-2-16(22)21-8-6-12-9-11(3-4-15(12)21)14-10-23-17(19-14)13-5-7-18-20-13/h3-5,7,9-10H,2,6,8H2,1H3,(H,18,20). The zero-order valence-electron chi connectivity index (χ0n) is 12.7. The summed E-state index contributed by atoms with van der Waals surface area (Å²) in [6.07, 6.45) is 3.18. The topological polar surface area (TPSA) is 61.9 Å². The average Bonchev–Trinajstić information content (AvgIpc) is 3.31. The predicted octanol–water partition coefficient (Wildman–Crippen LogP) is 3.50. The number of anilines is 1. The third kappa shape index (κ3) is 2.45. The van der Waals surface area contributed by atoms with Gasteiger partial charge in [0.05, 0.1) is 11.4 Å². The predicted molar refractivity (Wildman–Crippen MR) is 91.5 cm³/mol. The van der Waals surface area contributed by atoms with E-state index in [9.17, 15) is 4.79 Å². The molecule has 1 amide bonds. The zero-order valence-corrected chi connectivity index (χ0v) is 13.6. The number of hydrogen-bond acceptors (Lipinski definition) is 4. The van der Waals surface area contributed by atoms with Gasteiger partial charge in [0.2, 0.25) is 5.91 Å². The van der Waals surface area contributed by atoms with E-state index in [1.165, 1.54) is 5.56 Å². The normalized spacial score (nSPS) is 13.3. The van der Waals surface area contributed by atoms with Crippen molar-refractivity contribution in [1.29, 1.82) is 0 Å². The fourth-order valence-corrected chi connectivity index (χ4v) is 3.72. The van der Waals surface area contributed by atoms with Gasteiger partial charge in [-0.3, -0.25) is 9.89 Å². The van der Waals surface area contributed by atoms with Crippen molar-refractivity contribution in [3.63, 3.8) is 0 Å². The number of fused-ring (bicyclic) bond motifs is 1. The van der Waals surface area contributed by atoms with Crippen molar-refractivity contribution in [3.05, 3.63) is 41.4 Å². The minimum absolute atomic E-state index is 0.187. The number of nitrogens with one attached hydrogen (secondary N) is 1. The van der Waals surface area contributed by atoms with Gasteiger partial charge >= 0.3 is 0 Å². The Morgan fingerprint density at radius 1 is 1.39 bits per heavy atom. The monoisotopic (exact) mass is 324 g/mol. The molecule has 0 unspecified atom stereocenters. The van der Waals surface area contributed by atoms with Gasteiger partial charge in [0, 0.05) is 35.8 Å². The maximum atomic E-state index is 12.0. The van der Waals surface area contributed by atoms with Gasteiger partial charge in [-0.2, -0.15) is 5.10 Å². The third-order valence-corrected chi connectivity index (χ3v) is 4.99. The molecule has 4 rings (SSSR count). The maximum Gasteiger partial charge on any atom is 0.226 e. The molecular weight excluding hydrogens is 308 g/mol. The molecule has 0 atom stereocenters. The Morgan fingerprint density at radius 2 is 2.30 bits per heavy atom. The minimum atomic E-state index is 0.187. The molecule has 3 aromatic rings. The van der Waals surface area contributed by atoms with Crippen molar-refractivity contribution in [2.45, 2.75) is 19.8 Å². The lowest BCUT2D eigenvalue weighted by Gasteiger charge is -2.16. The number of rotatable bonds is 3. The van der Waals surface area contributed by atoms with Crippen LogP contribution in [-0.2, 0) is 11.2 Å². The van der Waals surface area contributed by atoms with Crippen molar-refractivity contribution >= 4 is 22.9 Å². The van der Waals surface area contributed by atoms with E-state index in [-0.39, 0.29) is 5.91 Å². The molecular formula is C17H16N4OS. The second-order valence-corrected chi connectivity index (χ2v) is 6.36. The first-order valence-electron chi connectivity index (χ1n) is 7.65. The largest absolute Gasteiger partial charge is 0.312 e. The third-order valence-electron chi connectivity index (χ3n) is 4.11. The first-order chi connectivity index (χ1) is 11.3. The van der Waals surface area contributed by atoms with Gasteiger partial charge < -0.3 is 4.90 Å². The number of hydrogen-bond donors (Lipinski definition) is 1. The van der Waals surface area contributed by atoms with Crippen LogP contribution in [0.5, 0.6) is 0 Å². The highest BCUT2D eigenvalue weighted by molar-refractivity contribution is 7.13. The van der Waals surface area contributed by atoms with Crippen LogP contribution in [0.3, 0.4) is 0 Å². The van der Waals surface area contributed by atoms with Gasteiger partial charge in [-0.25, -0.2) is 4.98 Å². The van der Waals surface area contributed by atoms with E-state index < -0.39 is 0 Å². The van der Waals surface area contributed by atoms with Gasteiger partial charge in [-0.1, -0.05) is 13.0 Å². The Labute approximate surface area is 138 Å². The molecule has 0 spiro atoms. The molecule has 1 aliphatic heterocycles. The first-order valence-corrected chi connectivity index (χ1v) is 8.53. The number of carbonyl (C=O) groups is 1. The molecule has 6 heteroatoms. The quantitative estimate of drug-likeness (QED) is 0.802. The number of H-pyrrole nitrogens is 1. The Kier molecular flexibility index (Phi) is 3.46. The van der Waals surface area contributed by atoms with E-state index in [2.05, 4.69) is 26.6 Å². The SMILES string of the molecule is CCC(=O)N1CCc2cc(-c3csc(-c4ccn[nH]4)n3)ccc21. The van der Waals surface area contributed by atoms with Gasteiger partial charge in [-0.15, -0.1) is 11.3 Å². The van der Waals surface area contributed by atoms with E-state index in [1.54, 1.807) is 17.5 Å². The molecule has 0 saturated heterocycles. The molecule has 3 heterocycles. The maximum absolute atomic E-state index is 12.0. The van der Waals surface area contributed by atoms with Crippen molar-refractivity contribution in [3.8, 4) is 22.0 Å². The minimum Gasteiger partial charge on any atom is -0.312 e. The molecule has 116 valence electrons. The van der Waals surface area contributed by atoms with Crippen LogP contribution >= 0.6 is 11.3 Å². The summed E-state index contributed by atoms with van der Waals surface area (Å²) in [5, 5.41) is 9.89. The lowest BCUT2D eigenvalue weighted by atomic mass is 10.1. The molecule has 5 nitrogen and oxygen atoms in total. The number of amides is 1. The van der Waals surface area contributed by atoms with Gasteiger partial charge in [-0.05, 0) is 30.2 Å². The summed E-state index contributed by atoms with van der Waals surface area (Å²) in [6, 6.07) is 8.16. The molecule has 0 fully saturated rings. The van der Waals surface area contributed by atoms with Crippen LogP contribution in [0.2, 0.25) is 0 Å². The van der Waals surface area contributed by atoms with Crippen LogP contribution in [0.15, 0.2) is 35.8 Å². The summed E-state index contributed by atoms with van der Waals surface area (Å²) in [5.74, 6) is 0.187. The van der Waals surface area contributed by atoms with E-state index in [0.717, 1.165) is 40.6 Å². The van der Waals surface area contributed by atoms with E-state index in [0.29, 0.717) is 6.42 Å². The lowest BCUT2D eigenvalue weighted by molar-refractivity contribution is -0.118. The highest BCUT2D eigenvalue weighted by Gasteiger charge is 2.24. The molecule has 23 heavy (non-hydrogen) atoms. The first kappa shape index (κ1) is 14.1. The summed E-state index contributed by atoms with van der Waals surface area (Å²) >= 11 is 1.60. The molecule has 1 aliphatic rings. The van der Waals surface area contributed by atoms with Crippen LogP contribution < -0.4 is 4.90 Å². The number of nitrogens with zero attached hydrogens (tertiary/aromatic N) is 3. The van der Waals surface area contributed by atoms with Crippen LogP contribution in [0.4, 0.5) is 5.69 Å². The van der Waals surface area contributed by atoms with E-state index in [4.69, 9.17) is 0 Å². The summed E-state index contributed by atoms with van der Waals surface area (Å²) in [5.41, 5.74) is 5.26. The Bertz CT molecular complexity index is 853. The van der Waals surface area contributed by atoms with E-state index in [1.807, 2.05) is 30.0 Å². The smallest absolute Gasteiger partial charge is 0.226 e. The van der Waals surface area contributed by atoms with Crippen LogP contribution in [0, 0.1) is 0 Å². The molecule has 1 aromatic carbocycles. The number of aromatic nitrogens is 3. The van der Waals surface area contributed by atoms with E-state index >= 15 is 0 Å². The van der Waals surface area contributed by atoms with Crippen LogP contribution in [0.1, 0.15) is 18.9 Å². The number of benzene rings is 1. The van der Waals surface area contributed by atoms with Crippen molar-refractivity contribution in [2.24, 2.45) is 0 Å². The molecule has 0 saturated carbocycles. The molecule has 2 aromatic heterocycles. The Hall–Kier alpha value is -2.47. The number of carbonyl (C=O) groups excluding carboxylic acids is 1. The van der Waals surface area contributed by atoms with Crippen LogP contribution in [-0.4, -0.2) is 27.6 Å². The second kappa shape index (κ2) is 5.62. The highest BCUT2D eigenvalue weighted by atomic mass is 32.1. The summed E-state index contributed by atoms with van der Waals surface area (Å²) in [6.45, 7) is 2.68.